The Morgan fingerprint density at radius 1 is 1.38 bits per heavy atom. The van der Waals surface area contributed by atoms with Crippen molar-refractivity contribution in [1.82, 2.24) is 10.2 Å². The second-order valence-corrected chi connectivity index (χ2v) is 7.42. The number of carbonyl (C=O) groups is 2. The van der Waals surface area contributed by atoms with Crippen molar-refractivity contribution in [1.29, 1.82) is 0 Å². The normalized spacial score (nSPS) is 28.3. The van der Waals surface area contributed by atoms with Gasteiger partial charge in [0.25, 0.3) is 5.91 Å². The van der Waals surface area contributed by atoms with Crippen LogP contribution in [0.1, 0.15) is 56.3 Å². The number of ether oxygens (including phenoxy) is 1. The molecule has 0 radical (unpaired) electrons. The van der Waals surface area contributed by atoms with E-state index in [2.05, 4.69) is 12.2 Å². The minimum Gasteiger partial charge on any atom is -0.354 e. The number of amides is 2. The predicted molar refractivity (Wildman–Crippen MR) is 96.0 cm³/mol. The van der Waals surface area contributed by atoms with E-state index < -0.39 is 23.5 Å². The molecule has 3 atom stereocenters. The summed E-state index contributed by atoms with van der Waals surface area (Å²) in [6, 6.07) is 5.20. The van der Waals surface area contributed by atoms with Crippen molar-refractivity contribution >= 4 is 11.8 Å². The van der Waals surface area contributed by atoms with Gasteiger partial charge in [0.2, 0.25) is 5.91 Å². The van der Waals surface area contributed by atoms with E-state index in [9.17, 15) is 14.0 Å². The maximum Gasteiger partial charge on any atom is 0.259 e. The van der Waals surface area contributed by atoms with Crippen LogP contribution in [-0.4, -0.2) is 41.6 Å². The van der Waals surface area contributed by atoms with Crippen molar-refractivity contribution in [2.75, 3.05) is 13.2 Å². The zero-order valence-corrected chi connectivity index (χ0v) is 15.5. The lowest BCUT2D eigenvalue weighted by Gasteiger charge is -2.43. The number of hydrogen-bond donors (Lipinski definition) is 1. The van der Waals surface area contributed by atoms with Gasteiger partial charge in [0, 0.05) is 6.54 Å². The molecule has 1 aromatic carbocycles. The SMILES string of the molecule is CCCNC(=O)[C@H]1CO[C@]2(CCC[C@H](C)C2)N1C(=O)c1ccccc1F. The molecule has 3 rings (SSSR count). The molecule has 0 unspecified atom stereocenters. The van der Waals surface area contributed by atoms with Crippen LogP contribution < -0.4 is 5.32 Å². The zero-order valence-electron chi connectivity index (χ0n) is 15.5. The molecule has 1 saturated heterocycles. The van der Waals surface area contributed by atoms with Crippen LogP contribution in [0.15, 0.2) is 24.3 Å². The van der Waals surface area contributed by atoms with Gasteiger partial charge in [0.15, 0.2) is 0 Å². The predicted octanol–water partition coefficient (Wildman–Crippen LogP) is 3.10. The molecular weight excluding hydrogens is 335 g/mol. The summed E-state index contributed by atoms with van der Waals surface area (Å²) < 4.78 is 20.4. The van der Waals surface area contributed by atoms with Crippen LogP contribution in [0.2, 0.25) is 0 Å². The Labute approximate surface area is 153 Å². The number of rotatable bonds is 4. The van der Waals surface area contributed by atoms with Gasteiger partial charge in [-0.05, 0) is 43.7 Å². The van der Waals surface area contributed by atoms with Gasteiger partial charge < -0.3 is 10.1 Å². The number of benzene rings is 1. The first kappa shape index (κ1) is 18.8. The van der Waals surface area contributed by atoms with Crippen LogP contribution in [0.3, 0.4) is 0 Å². The summed E-state index contributed by atoms with van der Waals surface area (Å²) in [6.45, 7) is 4.79. The van der Waals surface area contributed by atoms with Gasteiger partial charge in [0.1, 0.15) is 17.6 Å². The summed E-state index contributed by atoms with van der Waals surface area (Å²) in [7, 11) is 0. The Bertz CT molecular complexity index is 681. The Kier molecular flexibility index (Phi) is 5.61. The van der Waals surface area contributed by atoms with Crippen molar-refractivity contribution in [3.8, 4) is 0 Å². The van der Waals surface area contributed by atoms with Gasteiger partial charge >= 0.3 is 0 Å². The Balaban J connectivity index is 1.95. The van der Waals surface area contributed by atoms with Crippen LogP contribution >= 0.6 is 0 Å². The number of hydrogen-bond acceptors (Lipinski definition) is 3. The molecule has 1 aromatic rings. The molecule has 1 aliphatic carbocycles. The maximum atomic E-state index is 14.3. The summed E-state index contributed by atoms with van der Waals surface area (Å²) in [6.07, 6.45) is 4.15. The third-order valence-electron chi connectivity index (χ3n) is 5.37. The standard InChI is InChI=1S/C20H27FN2O3/c1-3-11-22-18(24)17-13-26-20(10-6-7-14(2)12-20)23(17)19(25)15-8-4-5-9-16(15)21/h4-5,8-9,14,17H,3,6-7,10-13H2,1-2H3,(H,22,24)/t14-,17+,20-/m0/s1. The van der Waals surface area contributed by atoms with E-state index in [4.69, 9.17) is 4.74 Å². The third kappa shape index (κ3) is 3.47. The smallest absolute Gasteiger partial charge is 0.259 e. The Morgan fingerprint density at radius 2 is 2.15 bits per heavy atom. The molecule has 2 fully saturated rings. The lowest BCUT2D eigenvalue weighted by atomic mass is 9.83. The number of carbonyl (C=O) groups excluding carboxylic acids is 2. The molecule has 1 spiro atoms. The highest BCUT2D eigenvalue weighted by Crippen LogP contribution is 2.43. The van der Waals surface area contributed by atoms with Gasteiger partial charge in [-0.25, -0.2) is 4.39 Å². The molecule has 1 aliphatic heterocycles. The highest BCUT2D eigenvalue weighted by molar-refractivity contribution is 5.98. The topological polar surface area (TPSA) is 58.6 Å². The number of nitrogens with one attached hydrogen (secondary N) is 1. The van der Waals surface area contributed by atoms with Crippen molar-refractivity contribution in [3.63, 3.8) is 0 Å². The third-order valence-corrected chi connectivity index (χ3v) is 5.37. The summed E-state index contributed by atoms with van der Waals surface area (Å²) in [5.74, 6) is -0.883. The van der Waals surface area contributed by atoms with Gasteiger partial charge in [-0.15, -0.1) is 0 Å². The summed E-state index contributed by atoms with van der Waals surface area (Å²) in [5.41, 5.74) is -0.825. The van der Waals surface area contributed by atoms with Crippen molar-refractivity contribution in [2.24, 2.45) is 5.92 Å². The van der Waals surface area contributed by atoms with E-state index in [1.54, 1.807) is 12.1 Å². The van der Waals surface area contributed by atoms with Crippen LogP contribution in [0.4, 0.5) is 4.39 Å². The molecule has 0 aromatic heterocycles. The van der Waals surface area contributed by atoms with E-state index >= 15 is 0 Å². The second-order valence-electron chi connectivity index (χ2n) is 7.42. The Morgan fingerprint density at radius 3 is 2.85 bits per heavy atom. The highest BCUT2D eigenvalue weighted by Gasteiger charge is 2.54. The van der Waals surface area contributed by atoms with E-state index in [0.717, 1.165) is 19.3 Å². The molecule has 26 heavy (non-hydrogen) atoms. The maximum absolute atomic E-state index is 14.3. The molecule has 5 nitrogen and oxygen atoms in total. The second kappa shape index (κ2) is 7.74. The van der Waals surface area contributed by atoms with Gasteiger partial charge in [0.05, 0.1) is 12.2 Å². The molecule has 1 N–H and O–H groups in total. The molecule has 142 valence electrons. The van der Waals surface area contributed by atoms with E-state index in [0.29, 0.717) is 25.3 Å². The van der Waals surface area contributed by atoms with Crippen LogP contribution in [0, 0.1) is 11.7 Å². The first-order valence-electron chi connectivity index (χ1n) is 9.48. The molecule has 0 bridgehead atoms. The van der Waals surface area contributed by atoms with Crippen LogP contribution in [0.5, 0.6) is 0 Å². The molecule has 2 amide bonds. The number of nitrogens with zero attached hydrogens (tertiary/aromatic N) is 1. The van der Waals surface area contributed by atoms with Crippen molar-refractivity contribution in [2.45, 2.75) is 57.7 Å². The lowest BCUT2D eigenvalue weighted by Crippen LogP contribution is -2.57. The molecule has 1 heterocycles. The fourth-order valence-corrected chi connectivity index (χ4v) is 4.14. The first-order chi connectivity index (χ1) is 12.5. The molecule has 2 aliphatic rings. The van der Waals surface area contributed by atoms with Crippen LogP contribution in [-0.2, 0) is 9.53 Å². The summed E-state index contributed by atoms with van der Waals surface area (Å²) in [4.78, 5) is 27.4. The fraction of sp³-hybridized carbons (Fsp3) is 0.600. The minimum atomic E-state index is -0.814. The monoisotopic (exact) mass is 362 g/mol. The zero-order chi connectivity index (χ0) is 18.7. The van der Waals surface area contributed by atoms with Gasteiger partial charge in [-0.1, -0.05) is 32.4 Å². The largest absolute Gasteiger partial charge is 0.354 e. The summed E-state index contributed by atoms with van der Waals surface area (Å²) in [5, 5.41) is 2.85. The average molecular weight is 362 g/mol. The van der Waals surface area contributed by atoms with Gasteiger partial charge in [-0.3, -0.25) is 14.5 Å². The first-order valence-corrected chi connectivity index (χ1v) is 9.48. The minimum absolute atomic E-state index is 0.0103. The summed E-state index contributed by atoms with van der Waals surface area (Å²) >= 11 is 0. The highest BCUT2D eigenvalue weighted by atomic mass is 19.1. The average Bonchev–Trinajstić information content (AvgIpc) is 2.97. The fourth-order valence-electron chi connectivity index (χ4n) is 4.14. The lowest BCUT2D eigenvalue weighted by molar-refractivity contribution is -0.128. The molecular formula is C20H27FN2O3. The molecule has 1 saturated carbocycles. The van der Waals surface area contributed by atoms with Gasteiger partial charge in [-0.2, -0.15) is 0 Å². The number of halogens is 1. The van der Waals surface area contributed by atoms with E-state index in [1.165, 1.54) is 17.0 Å². The Hall–Kier alpha value is -1.95. The van der Waals surface area contributed by atoms with E-state index in [-0.39, 0.29) is 18.1 Å². The molecule has 6 heteroatoms. The van der Waals surface area contributed by atoms with E-state index in [1.807, 2.05) is 6.92 Å². The van der Waals surface area contributed by atoms with Crippen molar-refractivity contribution < 1.29 is 18.7 Å². The van der Waals surface area contributed by atoms with Crippen LogP contribution in [0.25, 0.3) is 0 Å². The quantitative estimate of drug-likeness (QED) is 0.895. The van der Waals surface area contributed by atoms with Crippen molar-refractivity contribution in [3.05, 3.63) is 35.6 Å².